The van der Waals surface area contributed by atoms with E-state index in [1.54, 1.807) is 18.2 Å². The number of rotatable bonds is 7. The van der Waals surface area contributed by atoms with Gasteiger partial charge in [-0.1, -0.05) is 35.3 Å². The van der Waals surface area contributed by atoms with Crippen molar-refractivity contribution < 1.29 is 14.3 Å². The van der Waals surface area contributed by atoms with Crippen LogP contribution in [0.4, 0.5) is 10.5 Å². The van der Waals surface area contributed by atoms with Crippen molar-refractivity contribution in [1.29, 1.82) is 0 Å². The van der Waals surface area contributed by atoms with Crippen LogP contribution in [0.25, 0.3) is 0 Å². The highest BCUT2D eigenvalue weighted by molar-refractivity contribution is 6.32. The van der Waals surface area contributed by atoms with Gasteiger partial charge in [-0.05, 0) is 43.5 Å². The third-order valence-electron chi connectivity index (χ3n) is 4.75. The first-order valence-electron chi connectivity index (χ1n) is 10.1. The van der Waals surface area contributed by atoms with Crippen LogP contribution in [0.5, 0.6) is 5.88 Å². The number of aromatic nitrogens is 1. The molecule has 0 radical (unpaired) electrons. The number of urea groups is 1. The predicted molar refractivity (Wildman–Crippen MR) is 124 cm³/mol. The lowest BCUT2D eigenvalue weighted by molar-refractivity contribution is -0.127. The van der Waals surface area contributed by atoms with Crippen molar-refractivity contribution in [2.75, 3.05) is 11.9 Å². The van der Waals surface area contributed by atoms with Crippen LogP contribution in [0.2, 0.25) is 10.0 Å². The number of hydrogen-bond donors (Lipinski definition) is 4. The van der Waals surface area contributed by atoms with E-state index >= 15 is 0 Å². The number of carbonyl (C=O) groups excluding carboxylic acids is 2. The maximum absolute atomic E-state index is 12.0. The van der Waals surface area contributed by atoms with Crippen LogP contribution in [0.1, 0.15) is 25.3 Å². The number of halogens is 2. The first-order valence-corrected chi connectivity index (χ1v) is 10.8. The molecule has 1 heterocycles. The number of ether oxygens (including phenoxy) is 1. The minimum atomic E-state index is -0.400. The van der Waals surface area contributed by atoms with E-state index in [9.17, 15) is 9.59 Å². The number of aliphatic imine (C=N–C) groups is 1. The molecule has 11 heteroatoms. The van der Waals surface area contributed by atoms with E-state index in [2.05, 4.69) is 25.9 Å². The molecule has 170 valence electrons. The van der Waals surface area contributed by atoms with E-state index in [0.717, 1.165) is 5.56 Å². The van der Waals surface area contributed by atoms with Crippen LogP contribution in [0, 0.1) is 5.92 Å². The molecule has 1 aromatic carbocycles. The standard InChI is InChI=1S/C21H24Cl2N6O3/c1-2-25-21(31)29-20(27-10-12-3-5-14(22)6-4-12)28-15-9-17(23)19(26-11-15)32-16-7-13(8-16)18(24)30/h3-6,9,11,13,16H,2,7-8,10H2,1H3,(H2,24,30)(H3,25,27,28,29,31). The highest BCUT2D eigenvalue weighted by atomic mass is 35.5. The molecule has 0 atom stereocenters. The van der Waals surface area contributed by atoms with Gasteiger partial charge >= 0.3 is 6.03 Å². The number of carbonyl (C=O) groups is 2. The van der Waals surface area contributed by atoms with Crippen LogP contribution >= 0.6 is 23.2 Å². The molecule has 1 aliphatic carbocycles. The Labute approximate surface area is 195 Å². The fourth-order valence-electron chi connectivity index (χ4n) is 2.95. The summed E-state index contributed by atoms with van der Waals surface area (Å²) < 4.78 is 5.73. The van der Waals surface area contributed by atoms with Crippen LogP contribution < -0.4 is 26.4 Å². The van der Waals surface area contributed by atoms with Crippen LogP contribution in [0.15, 0.2) is 41.5 Å². The first-order chi connectivity index (χ1) is 15.3. The Morgan fingerprint density at radius 2 is 1.97 bits per heavy atom. The minimum Gasteiger partial charge on any atom is -0.473 e. The van der Waals surface area contributed by atoms with E-state index in [4.69, 9.17) is 33.7 Å². The Hall–Kier alpha value is -3.04. The fraction of sp³-hybridized carbons (Fsp3) is 0.333. The molecule has 9 nitrogen and oxygen atoms in total. The van der Waals surface area contributed by atoms with Gasteiger partial charge in [-0.3, -0.25) is 10.1 Å². The second-order valence-electron chi connectivity index (χ2n) is 7.22. The average molecular weight is 479 g/mol. The van der Waals surface area contributed by atoms with Gasteiger partial charge in [0.05, 0.1) is 18.4 Å². The Bertz CT molecular complexity index is 994. The molecular weight excluding hydrogens is 455 g/mol. The number of pyridine rings is 1. The largest absolute Gasteiger partial charge is 0.473 e. The molecule has 32 heavy (non-hydrogen) atoms. The normalized spacial score (nSPS) is 17.8. The zero-order valence-electron chi connectivity index (χ0n) is 17.4. The quantitative estimate of drug-likeness (QED) is 0.358. The van der Waals surface area contributed by atoms with Gasteiger partial charge in [0, 0.05) is 17.5 Å². The van der Waals surface area contributed by atoms with E-state index in [0.29, 0.717) is 36.6 Å². The number of benzene rings is 1. The summed E-state index contributed by atoms with van der Waals surface area (Å²) in [6.45, 7) is 2.60. The van der Waals surface area contributed by atoms with E-state index in [-0.39, 0.29) is 34.8 Å². The second-order valence-corrected chi connectivity index (χ2v) is 8.07. The summed E-state index contributed by atoms with van der Waals surface area (Å²) in [4.78, 5) is 31.8. The van der Waals surface area contributed by atoms with Crippen molar-refractivity contribution in [3.8, 4) is 5.88 Å². The minimum absolute atomic E-state index is 0.146. The Morgan fingerprint density at radius 3 is 2.59 bits per heavy atom. The zero-order chi connectivity index (χ0) is 23.1. The summed E-state index contributed by atoms with van der Waals surface area (Å²) in [5, 5.41) is 9.24. The molecule has 1 fully saturated rings. The van der Waals surface area contributed by atoms with Crippen molar-refractivity contribution in [2.45, 2.75) is 32.4 Å². The van der Waals surface area contributed by atoms with Gasteiger partial charge in [0.2, 0.25) is 17.7 Å². The SMILES string of the molecule is CCNC(=O)NC(=NCc1ccc(Cl)cc1)Nc1cnc(OC2CC(C(N)=O)C2)c(Cl)c1. The van der Waals surface area contributed by atoms with Crippen molar-refractivity contribution in [2.24, 2.45) is 16.6 Å². The smallest absolute Gasteiger partial charge is 0.321 e. The molecule has 2 aromatic rings. The van der Waals surface area contributed by atoms with Crippen molar-refractivity contribution >= 4 is 46.8 Å². The van der Waals surface area contributed by atoms with Crippen molar-refractivity contribution in [3.05, 3.63) is 52.1 Å². The first kappa shape index (κ1) is 23.6. The third kappa shape index (κ3) is 6.73. The third-order valence-corrected chi connectivity index (χ3v) is 5.27. The van der Waals surface area contributed by atoms with Gasteiger partial charge in [-0.2, -0.15) is 0 Å². The summed E-state index contributed by atoms with van der Waals surface area (Å²) in [7, 11) is 0. The molecule has 0 unspecified atom stereocenters. The lowest BCUT2D eigenvalue weighted by Gasteiger charge is -2.32. The van der Waals surface area contributed by atoms with Crippen LogP contribution in [0.3, 0.4) is 0 Å². The van der Waals surface area contributed by atoms with Gasteiger partial charge in [-0.15, -0.1) is 0 Å². The van der Waals surface area contributed by atoms with Gasteiger partial charge in [0.1, 0.15) is 11.1 Å². The average Bonchev–Trinajstić information content (AvgIpc) is 2.71. The summed E-state index contributed by atoms with van der Waals surface area (Å²) >= 11 is 12.2. The highest BCUT2D eigenvalue weighted by Crippen LogP contribution is 2.33. The summed E-state index contributed by atoms with van der Waals surface area (Å²) in [5.74, 6) is -0.00449. The van der Waals surface area contributed by atoms with Gasteiger partial charge in [-0.25, -0.2) is 14.8 Å². The number of primary amides is 1. The molecule has 0 bridgehead atoms. The van der Waals surface area contributed by atoms with Gasteiger partial charge < -0.3 is 21.1 Å². The molecule has 1 aromatic heterocycles. The predicted octanol–water partition coefficient (Wildman–Crippen LogP) is 3.32. The number of hydrogen-bond acceptors (Lipinski definition) is 5. The van der Waals surface area contributed by atoms with Crippen LogP contribution in [-0.4, -0.2) is 35.5 Å². The van der Waals surface area contributed by atoms with E-state index in [1.165, 1.54) is 6.20 Å². The van der Waals surface area contributed by atoms with Gasteiger partial charge in [0.15, 0.2) is 0 Å². The second kappa shape index (κ2) is 11.0. The Balaban J connectivity index is 1.67. The van der Waals surface area contributed by atoms with E-state index < -0.39 is 6.03 Å². The zero-order valence-corrected chi connectivity index (χ0v) is 18.9. The monoisotopic (exact) mass is 478 g/mol. The van der Waals surface area contributed by atoms with Gasteiger partial charge in [0.25, 0.3) is 0 Å². The van der Waals surface area contributed by atoms with E-state index in [1.807, 2.05) is 19.1 Å². The molecule has 1 saturated carbocycles. The highest BCUT2D eigenvalue weighted by Gasteiger charge is 2.35. The molecule has 5 N–H and O–H groups in total. The molecule has 0 spiro atoms. The molecule has 3 rings (SSSR count). The Kier molecular flexibility index (Phi) is 8.13. The number of guanidine groups is 1. The molecule has 3 amide bonds. The Morgan fingerprint density at radius 1 is 1.25 bits per heavy atom. The fourth-order valence-corrected chi connectivity index (χ4v) is 3.29. The lowest BCUT2D eigenvalue weighted by atomic mass is 9.82. The number of nitrogens with one attached hydrogen (secondary N) is 3. The number of amides is 3. The summed E-state index contributed by atoms with van der Waals surface area (Å²) in [6, 6.07) is 8.46. The van der Waals surface area contributed by atoms with Crippen molar-refractivity contribution in [1.82, 2.24) is 15.6 Å². The number of nitrogens with two attached hydrogens (primary N) is 1. The molecule has 0 aliphatic heterocycles. The number of anilines is 1. The van der Waals surface area contributed by atoms with Crippen LogP contribution in [-0.2, 0) is 11.3 Å². The lowest BCUT2D eigenvalue weighted by Crippen LogP contribution is -2.42. The maximum Gasteiger partial charge on any atom is 0.321 e. The topological polar surface area (TPSA) is 131 Å². The maximum atomic E-state index is 12.0. The van der Waals surface area contributed by atoms with Crippen molar-refractivity contribution in [3.63, 3.8) is 0 Å². The number of nitrogens with zero attached hydrogens (tertiary/aromatic N) is 2. The summed E-state index contributed by atoms with van der Waals surface area (Å²) in [5.41, 5.74) is 6.70. The molecular formula is C21H24Cl2N6O3. The molecule has 1 aliphatic rings. The summed E-state index contributed by atoms with van der Waals surface area (Å²) in [6.07, 6.45) is 2.46. The molecule has 0 saturated heterocycles.